The SMILES string of the molecule is COc1ccc2[nH]cc(/C(C)=C(\C(=O)O)N(c3ccccc3)S(=O)(=O)c3ccc(C)cc3)c2c1. The van der Waals surface area contributed by atoms with Gasteiger partial charge in [-0.15, -0.1) is 0 Å². The zero-order valence-electron chi connectivity index (χ0n) is 18.9. The van der Waals surface area contributed by atoms with E-state index in [1.54, 1.807) is 74.8 Å². The summed E-state index contributed by atoms with van der Waals surface area (Å²) in [5, 5.41) is 11.0. The number of nitrogens with zero attached hydrogens (tertiary/aromatic N) is 1. The highest BCUT2D eigenvalue weighted by Gasteiger charge is 2.34. The van der Waals surface area contributed by atoms with Crippen molar-refractivity contribution in [3.63, 3.8) is 0 Å². The number of benzene rings is 3. The van der Waals surface area contributed by atoms with Crippen molar-refractivity contribution in [2.45, 2.75) is 18.7 Å². The van der Waals surface area contributed by atoms with E-state index in [-0.39, 0.29) is 21.9 Å². The molecule has 0 aliphatic carbocycles. The third-order valence-corrected chi connectivity index (χ3v) is 7.35. The Morgan fingerprint density at radius 3 is 2.29 bits per heavy atom. The zero-order chi connectivity index (χ0) is 24.5. The second-order valence-electron chi connectivity index (χ2n) is 7.81. The van der Waals surface area contributed by atoms with Crippen molar-refractivity contribution in [3.05, 3.63) is 95.8 Å². The summed E-state index contributed by atoms with van der Waals surface area (Å²) in [5.41, 5.74) is 2.36. The van der Waals surface area contributed by atoms with Gasteiger partial charge in [0, 0.05) is 22.7 Å². The lowest BCUT2D eigenvalue weighted by Gasteiger charge is -2.26. The average molecular weight is 477 g/mol. The molecule has 0 saturated heterocycles. The maximum atomic E-state index is 13.8. The van der Waals surface area contributed by atoms with Crippen LogP contribution in [0.25, 0.3) is 16.5 Å². The van der Waals surface area contributed by atoms with Gasteiger partial charge in [-0.05, 0) is 61.9 Å². The number of anilines is 1. The fourth-order valence-corrected chi connectivity index (χ4v) is 5.38. The fraction of sp³-hybridized carbons (Fsp3) is 0.115. The molecule has 34 heavy (non-hydrogen) atoms. The highest BCUT2D eigenvalue weighted by Crippen LogP contribution is 2.35. The molecule has 0 saturated carbocycles. The molecule has 0 fully saturated rings. The first kappa shape index (κ1) is 23.1. The first-order valence-electron chi connectivity index (χ1n) is 10.5. The van der Waals surface area contributed by atoms with Crippen LogP contribution in [-0.2, 0) is 14.8 Å². The lowest BCUT2D eigenvalue weighted by atomic mass is 10.0. The number of allylic oxidation sites excluding steroid dienone is 1. The summed E-state index contributed by atoms with van der Waals surface area (Å²) < 4.78 is 33.9. The summed E-state index contributed by atoms with van der Waals surface area (Å²) >= 11 is 0. The van der Waals surface area contributed by atoms with E-state index in [9.17, 15) is 18.3 Å². The Bertz CT molecular complexity index is 1490. The highest BCUT2D eigenvalue weighted by molar-refractivity contribution is 7.93. The smallest absolute Gasteiger partial charge is 0.353 e. The standard InChI is InChI=1S/C26H24N2O5S/c1-17-9-12-21(13-10-17)34(31,32)28(19-7-5-4-6-8-19)25(26(29)30)18(2)23-16-27-24-14-11-20(33-3)15-22(23)24/h4-16,27H,1-3H3,(H,29,30)/b25-18+. The number of rotatable bonds is 7. The van der Waals surface area contributed by atoms with Gasteiger partial charge in [0.2, 0.25) is 0 Å². The molecule has 4 aromatic rings. The molecule has 0 bridgehead atoms. The van der Waals surface area contributed by atoms with E-state index < -0.39 is 16.0 Å². The molecule has 0 amide bonds. The number of hydrogen-bond donors (Lipinski definition) is 2. The number of carboxylic acids is 1. The Balaban J connectivity index is 2.01. The Morgan fingerprint density at radius 1 is 1.00 bits per heavy atom. The van der Waals surface area contributed by atoms with Crippen LogP contribution in [0.5, 0.6) is 5.75 Å². The van der Waals surface area contributed by atoms with Crippen molar-refractivity contribution >= 4 is 38.2 Å². The van der Waals surface area contributed by atoms with Crippen LogP contribution >= 0.6 is 0 Å². The summed E-state index contributed by atoms with van der Waals surface area (Å²) in [7, 11) is -2.71. The number of aromatic amines is 1. The lowest BCUT2D eigenvalue weighted by Crippen LogP contribution is -2.34. The molecule has 0 spiro atoms. The van der Waals surface area contributed by atoms with Gasteiger partial charge >= 0.3 is 5.97 Å². The quantitative estimate of drug-likeness (QED) is 0.357. The molecular weight excluding hydrogens is 452 g/mol. The van der Waals surface area contributed by atoms with Crippen LogP contribution in [0.2, 0.25) is 0 Å². The van der Waals surface area contributed by atoms with Crippen LogP contribution in [0.15, 0.2) is 89.6 Å². The van der Waals surface area contributed by atoms with E-state index in [4.69, 9.17) is 4.74 Å². The number of aromatic nitrogens is 1. The molecular formula is C26H24N2O5S. The molecule has 1 heterocycles. The normalized spacial score (nSPS) is 12.3. The molecule has 0 unspecified atom stereocenters. The molecule has 4 rings (SSSR count). The van der Waals surface area contributed by atoms with Crippen LogP contribution in [0, 0.1) is 6.92 Å². The summed E-state index contributed by atoms with van der Waals surface area (Å²) in [6, 6.07) is 19.9. The second kappa shape index (κ2) is 9.07. The minimum absolute atomic E-state index is 0.00546. The van der Waals surface area contributed by atoms with E-state index in [1.165, 1.54) is 12.1 Å². The molecule has 8 heteroatoms. The maximum absolute atomic E-state index is 13.8. The molecule has 1 aromatic heterocycles. The summed E-state index contributed by atoms with van der Waals surface area (Å²) in [6.07, 6.45) is 1.67. The van der Waals surface area contributed by atoms with E-state index in [2.05, 4.69) is 4.98 Å². The maximum Gasteiger partial charge on any atom is 0.353 e. The summed E-state index contributed by atoms with van der Waals surface area (Å²) in [5.74, 6) is -0.764. The molecule has 7 nitrogen and oxygen atoms in total. The van der Waals surface area contributed by atoms with E-state index in [0.717, 1.165) is 20.8 Å². The number of aryl methyl sites for hydroxylation is 1. The van der Waals surface area contributed by atoms with Gasteiger partial charge in [0.1, 0.15) is 11.4 Å². The van der Waals surface area contributed by atoms with Gasteiger partial charge in [0.05, 0.1) is 17.7 Å². The number of carboxylic acid groups (broad SMARTS) is 1. The Hall–Kier alpha value is -4.04. The number of carbonyl (C=O) groups is 1. The van der Waals surface area contributed by atoms with E-state index in [0.29, 0.717) is 11.3 Å². The van der Waals surface area contributed by atoms with Gasteiger partial charge in [0.25, 0.3) is 10.0 Å². The van der Waals surface area contributed by atoms with Gasteiger partial charge in [-0.25, -0.2) is 17.5 Å². The molecule has 0 aliphatic rings. The van der Waals surface area contributed by atoms with E-state index in [1.807, 2.05) is 13.0 Å². The molecule has 0 aliphatic heterocycles. The van der Waals surface area contributed by atoms with Gasteiger partial charge < -0.3 is 14.8 Å². The monoisotopic (exact) mass is 476 g/mol. The highest BCUT2D eigenvalue weighted by atomic mass is 32.2. The number of methoxy groups -OCH3 is 1. The number of para-hydroxylation sites is 1. The Morgan fingerprint density at radius 2 is 1.68 bits per heavy atom. The molecule has 0 atom stereocenters. The number of ether oxygens (including phenoxy) is 1. The van der Waals surface area contributed by atoms with Crippen molar-refractivity contribution in [2.24, 2.45) is 0 Å². The van der Waals surface area contributed by atoms with Gasteiger partial charge in [-0.2, -0.15) is 0 Å². The average Bonchev–Trinajstić information content (AvgIpc) is 3.25. The predicted octanol–water partition coefficient (Wildman–Crippen LogP) is 5.20. The number of hydrogen-bond acceptors (Lipinski definition) is 4. The molecule has 3 aromatic carbocycles. The van der Waals surface area contributed by atoms with Crippen LogP contribution in [-0.4, -0.2) is 31.6 Å². The number of sulfonamides is 1. The molecule has 174 valence electrons. The Labute approximate surface area is 198 Å². The fourth-order valence-electron chi connectivity index (χ4n) is 3.83. The lowest BCUT2D eigenvalue weighted by molar-refractivity contribution is -0.132. The molecule has 0 radical (unpaired) electrons. The van der Waals surface area contributed by atoms with Crippen LogP contribution in [0.3, 0.4) is 0 Å². The number of fused-ring (bicyclic) bond motifs is 1. The third-order valence-electron chi connectivity index (χ3n) is 5.60. The van der Waals surface area contributed by atoms with Crippen molar-refractivity contribution in [1.82, 2.24) is 4.98 Å². The largest absolute Gasteiger partial charge is 0.497 e. The predicted molar refractivity (Wildman–Crippen MR) is 132 cm³/mol. The first-order chi connectivity index (χ1) is 16.2. The Kier molecular flexibility index (Phi) is 6.17. The third kappa shape index (κ3) is 4.15. The van der Waals surface area contributed by atoms with Crippen molar-refractivity contribution in [1.29, 1.82) is 0 Å². The van der Waals surface area contributed by atoms with Crippen molar-refractivity contribution in [2.75, 3.05) is 11.4 Å². The van der Waals surface area contributed by atoms with E-state index >= 15 is 0 Å². The van der Waals surface area contributed by atoms with Crippen LogP contribution < -0.4 is 9.04 Å². The first-order valence-corrected chi connectivity index (χ1v) is 11.9. The van der Waals surface area contributed by atoms with Gasteiger partial charge in [0.15, 0.2) is 0 Å². The number of aliphatic carboxylic acids is 1. The van der Waals surface area contributed by atoms with Gasteiger partial charge in [-0.1, -0.05) is 35.9 Å². The number of nitrogens with one attached hydrogen (secondary N) is 1. The van der Waals surface area contributed by atoms with Crippen molar-refractivity contribution < 1.29 is 23.1 Å². The van der Waals surface area contributed by atoms with Crippen LogP contribution in [0.4, 0.5) is 5.69 Å². The summed E-state index contributed by atoms with van der Waals surface area (Å²) in [4.78, 5) is 15.8. The second-order valence-corrected chi connectivity index (χ2v) is 9.60. The summed E-state index contributed by atoms with van der Waals surface area (Å²) in [6.45, 7) is 3.45. The molecule has 2 N–H and O–H groups in total. The zero-order valence-corrected chi connectivity index (χ0v) is 19.8. The number of H-pyrrole nitrogens is 1. The minimum Gasteiger partial charge on any atom is -0.497 e. The van der Waals surface area contributed by atoms with Crippen LogP contribution in [0.1, 0.15) is 18.1 Å². The minimum atomic E-state index is -4.26. The topological polar surface area (TPSA) is 99.7 Å². The van der Waals surface area contributed by atoms with Crippen molar-refractivity contribution in [3.8, 4) is 5.75 Å². The van der Waals surface area contributed by atoms with Gasteiger partial charge in [-0.3, -0.25) is 0 Å².